The molecule has 7 heteroatoms. The van der Waals surface area contributed by atoms with Crippen LogP contribution in [0.2, 0.25) is 0 Å². The Hall–Kier alpha value is -0.270. The van der Waals surface area contributed by atoms with Crippen molar-refractivity contribution in [2.75, 3.05) is 25.1 Å². The Morgan fingerprint density at radius 1 is 1.67 bits per heavy atom. The lowest BCUT2D eigenvalue weighted by molar-refractivity contribution is 0.586. The van der Waals surface area contributed by atoms with Gasteiger partial charge in [-0.25, -0.2) is 13.1 Å². The molecule has 1 unspecified atom stereocenters. The van der Waals surface area contributed by atoms with E-state index in [0.717, 1.165) is 23.6 Å². The van der Waals surface area contributed by atoms with Crippen LogP contribution in [0.25, 0.3) is 0 Å². The van der Waals surface area contributed by atoms with Gasteiger partial charge in [-0.2, -0.15) is 0 Å². The Labute approximate surface area is 95.2 Å². The van der Waals surface area contributed by atoms with Gasteiger partial charge in [0.1, 0.15) is 0 Å². The van der Waals surface area contributed by atoms with Crippen molar-refractivity contribution >= 4 is 27.0 Å². The number of amidine groups is 1. The Morgan fingerprint density at radius 2 is 2.40 bits per heavy atom. The topological polar surface area (TPSA) is 70.6 Å². The molecule has 0 saturated carbocycles. The fraction of sp³-hybridized carbons (Fsp3) is 0.875. The van der Waals surface area contributed by atoms with E-state index >= 15 is 0 Å². The molecule has 0 radical (unpaired) electrons. The quantitative estimate of drug-likeness (QED) is 0.675. The highest BCUT2D eigenvalue weighted by Crippen LogP contribution is 2.12. The van der Waals surface area contributed by atoms with Crippen molar-refractivity contribution < 1.29 is 8.42 Å². The van der Waals surface area contributed by atoms with Crippen LogP contribution in [0, 0.1) is 0 Å². The van der Waals surface area contributed by atoms with Gasteiger partial charge in [-0.15, -0.1) is 0 Å². The molecule has 15 heavy (non-hydrogen) atoms. The lowest BCUT2D eigenvalue weighted by Gasteiger charge is -2.02. The molecule has 1 rings (SSSR count). The number of nitrogens with zero attached hydrogens (tertiary/aromatic N) is 1. The Morgan fingerprint density at radius 3 is 2.93 bits per heavy atom. The molecule has 0 bridgehead atoms. The van der Waals surface area contributed by atoms with E-state index in [4.69, 9.17) is 0 Å². The largest absolute Gasteiger partial charge is 0.362 e. The van der Waals surface area contributed by atoms with Crippen molar-refractivity contribution in [3.05, 3.63) is 0 Å². The van der Waals surface area contributed by atoms with Gasteiger partial charge in [0.15, 0.2) is 5.17 Å². The van der Waals surface area contributed by atoms with E-state index in [9.17, 15) is 8.42 Å². The average Bonchev–Trinajstić information content (AvgIpc) is 2.49. The van der Waals surface area contributed by atoms with E-state index < -0.39 is 10.0 Å². The molecule has 1 fully saturated rings. The van der Waals surface area contributed by atoms with Gasteiger partial charge in [0.2, 0.25) is 10.0 Å². The molecule has 1 aliphatic heterocycles. The number of hydrogen-bond donors (Lipinski definition) is 2. The first kappa shape index (κ1) is 12.8. The molecule has 1 atom stereocenters. The van der Waals surface area contributed by atoms with Crippen molar-refractivity contribution in [1.29, 1.82) is 0 Å². The highest BCUT2D eigenvalue weighted by Gasteiger charge is 2.14. The van der Waals surface area contributed by atoms with E-state index in [2.05, 4.69) is 22.0 Å². The lowest BCUT2D eigenvalue weighted by Crippen LogP contribution is -2.24. The zero-order valence-electron chi connectivity index (χ0n) is 8.99. The van der Waals surface area contributed by atoms with Crippen LogP contribution in [-0.2, 0) is 10.0 Å². The summed E-state index contributed by atoms with van der Waals surface area (Å²) in [5, 5.41) is 4.21. The first-order chi connectivity index (χ1) is 6.97. The molecule has 88 valence electrons. The molecule has 2 N–H and O–H groups in total. The van der Waals surface area contributed by atoms with Crippen LogP contribution in [-0.4, -0.2) is 44.7 Å². The van der Waals surface area contributed by atoms with Crippen LogP contribution in [0.15, 0.2) is 4.99 Å². The molecular formula is C8H17N3O2S2. The second kappa shape index (κ2) is 5.72. The molecule has 0 spiro atoms. The minimum absolute atomic E-state index is 0.454. The zero-order valence-corrected chi connectivity index (χ0v) is 10.6. The van der Waals surface area contributed by atoms with Crippen molar-refractivity contribution in [3.8, 4) is 0 Å². The third kappa shape index (κ3) is 6.01. The molecule has 0 aromatic heterocycles. The Kier molecular flexibility index (Phi) is 4.88. The number of sulfonamides is 1. The maximum atomic E-state index is 10.7. The summed E-state index contributed by atoms with van der Waals surface area (Å²) in [7, 11) is -3.05. The molecule has 0 amide bonds. The molecule has 0 aliphatic carbocycles. The third-order valence-electron chi connectivity index (χ3n) is 1.79. The normalized spacial score (nSPS) is 24.4. The smallest absolute Gasteiger partial charge is 0.208 e. The predicted molar refractivity (Wildman–Crippen MR) is 64.8 cm³/mol. The van der Waals surface area contributed by atoms with Gasteiger partial charge in [0.05, 0.1) is 6.26 Å². The van der Waals surface area contributed by atoms with Gasteiger partial charge < -0.3 is 5.32 Å². The highest BCUT2D eigenvalue weighted by molar-refractivity contribution is 8.14. The van der Waals surface area contributed by atoms with Crippen molar-refractivity contribution in [1.82, 2.24) is 10.0 Å². The van der Waals surface area contributed by atoms with Gasteiger partial charge in [-0.3, -0.25) is 4.99 Å². The minimum Gasteiger partial charge on any atom is -0.362 e. The summed E-state index contributed by atoms with van der Waals surface area (Å²) in [4.78, 5) is 4.33. The standard InChI is InChI=1S/C8H17N3O2S2/c1-7-6-14-8(11-7)9-4-3-5-10-15(2,12)13/h7,10H,3-6H2,1-2H3,(H,9,11). The van der Waals surface area contributed by atoms with E-state index in [1.807, 2.05) is 0 Å². The predicted octanol–water partition coefficient (Wildman–Crippen LogP) is 0.00660. The Bertz CT molecular complexity index is 327. The van der Waals surface area contributed by atoms with Crippen molar-refractivity contribution in [2.45, 2.75) is 19.4 Å². The van der Waals surface area contributed by atoms with Gasteiger partial charge >= 0.3 is 0 Å². The second-order valence-electron chi connectivity index (χ2n) is 3.56. The van der Waals surface area contributed by atoms with E-state index in [0.29, 0.717) is 19.1 Å². The van der Waals surface area contributed by atoms with E-state index in [1.54, 1.807) is 11.8 Å². The number of nitrogens with one attached hydrogen (secondary N) is 2. The second-order valence-corrected chi connectivity index (χ2v) is 6.41. The number of rotatable bonds is 5. The highest BCUT2D eigenvalue weighted by atomic mass is 32.2. The third-order valence-corrected chi connectivity index (χ3v) is 3.71. The SMILES string of the molecule is CC1CSC(=NCCCNS(C)(=O)=O)N1. The van der Waals surface area contributed by atoms with E-state index in [1.165, 1.54) is 0 Å². The molecule has 0 aromatic carbocycles. The van der Waals surface area contributed by atoms with Crippen LogP contribution in [0.5, 0.6) is 0 Å². The van der Waals surface area contributed by atoms with E-state index in [-0.39, 0.29) is 0 Å². The van der Waals surface area contributed by atoms with Gasteiger partial charge in [0.25, 0.3) is 0 Å². The Balaban J connectivity index is 2.11. The van der Waals surface area contributed by atoms with Gasteiger partial charge in [-0.05, 0) is 13.3 Å². The van der Waals surface area contributed by atoms with Crippen LogP contribution in [0.4, 0.5) is 0 Å². The van der Waals surface area contributed by atoms with Crippen LogP contribution in [0.1, 0.15) is 13.3 Å². The maximum Gasteiger partial charge on any atom is 0.208 e. The summed E-state index contributed by atoms with van der Waals surface area (Å²) in [6.07, 6.45) is 1.89. The summed E-state index contributed by atoms with van der Waals surface area (Å²) >= 11 is 1.71. The summed E-state index contributed by atoms with van der Waals surface area (Å²) < 4.78 is 23.9. The van der Waals surface area contributed by atoms with Crippen LogP contribution >= 0.6 is 11.8 Å². The summed E-state index contributed by atoms with van der Waals surface area (Å²) in [5.74, 6) is 1.06. The maximum absolute atomic E-state index is 10.7. The molecule has 1 aliphatic rings. The summed E-state index contributed by atoms with van der Waals surface area (Å²) in [6, 6.07) is 0.489. The fourth-order valence-electron chi connectivity index (χ4n) is 1.11. The monoisotopic (exact) mass is 251 g/mol. The lowest BCUT2D eigenvalue weighted by atomic mass is 10.4. The van der Waals surface area contributed by atoms with Crippen molar-refractivity contribution in [3.63, 3.8) is 0 Å². The minimum atomic E-state index is -3.05. The number of thioether (sulfide) groups is 1. The first-order valence-corrected chi connectivity index (χ1v) is 7.73. The molecule has 1 heterocycles. The number of hydrogen-bond acceptors (Lipinski definition) is 4. The molecule has 1 saturated heterocycles. The molecular weight excluding hydrogens is 234 g/mol. The summed E-state index contributed by atoms with van der Waals surface area (Å²) in [6.45, 7) is 3.22. The zero-order chi connectivity index (χ0) is 11.3. The van der Waals surface area contributed by atoms with Crippen LogP contribution < -0.4 is 10.0 Å². The van der Waals surface area contributed by atoms with Crippen molar-refractivity contribution in [2.24, 2.45) is 4.99 Å². The fourth-order valence-corrected chi connectivity index (χ4v) is 2.58. The summed E-state index contributed by atoms with van der Waals surface area (Å²) in [5.41, 5.74) is 0. The van der Waals surface area contributed by atoms with Gasteiger partial charge in [0, 0.05) is 24.9 Å². The average molecular weight is 251 g/mol. The van der Waals surface area contributed by atoms with Crippen LogP contribution in [0.3, 0.4) is 0 Å². The number of aliphatic imine (C=N–C) groups is 1. The van der Waals surface area contributed by atoms with Gasteiger partial charge in [-0.1, -0.05) is 11.8 Å². The first-order valence-electron chi connectivity index (χ1n) is 4.86. The molecule has 5 nitrogen and oxygen atoms in total. The molecule has 0 aromatic rings.